The normalized spacial score (nSPS) is 11.1. The Bertz CT molecular complexity index is 712. The summed E-state index contributed by atoms with van der Waals surface area (Å²) >= 11 is 0. The Balaban J connectivity index is 2.38. The van der Waals surface area contributed by atoms with Crippen LogP contribution in [0.1, 0.15) is 0 Å². The van der Waals surface area contributed by atoms with Crippen LogP contribution < -0.4 is 20.9 Å². The molecule has 2 aromatic carbocycles. The number of anilines is 3. The molecule has 20 heavy (non-hydrogen) atoms. The van der Waals surface area contributed by atoms with Gasteiger partial charge in [-0.15, -0.1) is 0 Å². The van der Waals surface area contributed by atoms with Gasteiger partial charge in [0.05, 0.1) is 12.8 Å². The first-order valence-electron chi connectivity index (χ1n) is 5.73. The van der Waals surface area contributed by atoms with Crippen LogP contribution in [0.5, 0.6) is 5.75 Å². The average molecular weight is 293 g/mol. The van der Waals surface area contributed by atoms with Crippen molar-refractivity contribution < 1.29 is 13.2 Å². The third-order valence-electron chi connectivity index (χ3n) is 2.68. The highest BCUT2D eigenvalue weighted by Gasteiger charge is 2.14. The maximum Gasteiger partial charge on any atom is 0.240 e. The second-order valence-corrected chi connectivity index (χ2v) is 5.68. The standard InChI is InChI=1S/C13H15N3O3S/c1-19-11-5-3-10(4-6-11)16-12-7-2-9(14)8-13(12)20(15,17)18/h2-8,16H,14H2,1H3,(H2,15,17,18). The zero-order valence-electron chi connectivity index (χ0n) is 10.8. The van der Waals surface area contributed by atoms with Crippen molar-refractivity contribution in [2.45, 2.75) is 4.90 Å². The Morgan fingerprint density at radius 3 is 2.30 bits per heavy atom. The van der Waals surface area contributed by atoms with Gasteiger partial charge in [-0.2, -0.15) is 0 Å². The molecule has 0 bridgehead atoms. The van der Waals surface area contributed by atoms with Crippen LogP contribution in [0.25, 0.3) is 0 Å². The minimum atomic E-state index is -3.86. The molecular weight excluding hydrogens is 278 g/mol. The predicted octanol–water partition coefficient (Wildman–Crippen LogP) is 1.67. The molecule has 0 unspecified atom stereocenters. The van der Waals surface area contributed by atoms with Crippen LogP contribution in [0.2, 0.25) is 0 Å². The minimum Gasteiger partial charge on any atom is -0.497 e. The molecule has 0 amide bonds. The zero-order valence-corrected chi connectivity index (χ0v) is 11.6. The molecule has 0 fully saturated rings. The van der Waals surface area contributed by atoms with Crippen molar-refractivity contribution in [3.8, 4) is 5.75 Å². The molecule has 2 aromatic rings. The molecule has 2 rings (SSSR count). The van der Waals surface area contributed by atoms with Crippen molar-refractivity contribution in [1.29, 1.82) is 0 Å². The summed E-state index contributed by atoms with van der Waals surface area (Å²) in [6, 6.07) is 11.5. The number of nitrogens with one attached hydrogen (secondary N) is 1. The fraction of sp³-hybridized carbons (Fsp3) is 0.0769. The molecule has 106 valence electrons. The van der Waals surface area contributed by atoms with Crippen LogP contribution in [0.15, 0.2) is 47.4 Å². The maximum absolute atomic E-state index is 11.6. The van der Waals surface area contributed by atoms with Gasteiger partial charge in [-0.25, -0.2) is 13.6 Å². The van der Waals surface area contributed by atoms with Gasteiger partial charge in [0.15, 0.2) is 0 Å². The summed E-state index contributed by atoms with van der Waals surface area (Å²) in [5, 5.41) is 8.17. The molecule has 0 heterocycles. The van der Waals surface area contributed by atoms with Crippen molar-refractivity contribution in [3.63, 3.8) is 0 Å². The van der Waals surface area contributed by atoms with E-state index in [1.165, 1.54) is 6.07 Å². The average Bonchev–Trinajstić information content (AvgIpc) is 2.40. The molecule has 0 saturated carbocycles. The molecule has 6 nitrogen and oxygen atoms in total. The first kappa shape index (κ1) is 14.2. The first-order valence-corrected chi connectivity index (χ1v) is 7.28. The second-order valence-electron chi connectivity index (χ2n) is 4.15. The van der Waals surface area contributed by atoms with E-state index in [1.54, 1.807) is 43.5 Å². The van der Waals surface area contributed by atoms with E-state index in [1.807, 2.05) is 0 Å². The van der Waals surface area contributed by atoms with Crippen LogP contribution in [0, 0.1) is 0 Å². The minimum absolute atomic E-state index is 0.0479. The number of hydrogen-bond acceptors (Lipinski definition) is 5. The molecule has 7 heteroatoms. The molecule has 0 saturated heterocycles. The highest BCUT2D eigenvalue weighted by atomic mass is 32.2. The number of benzene rings is 2. The van der Waals surface area contributed by atoms with Gasteiger partial charge in [0.25, 0.3) is 0 Å². The van der Waals surface area contributed by atoms with Crippen molar-refractivity contribution in [2.24, 2.45) is 5.14 Å². The zero-order chi connectivity index (χ0) is 14.8. The topological polar surface area (TPSA) is 107 Å². The Hall–Kier alpha value is -2.25. The molecule has 0 atom stereocenters. The lowest BCUT2D eigenvalue weighted by molar-refractivity contribution is 0.415. The third-order valence-corrected chi connectivity index (χ3v) is 3.63. The van der Waals surface area contributed by atoms with Gasteiger partial charge in [-0.05, 0) is 42.5 Å². The number of nitrogens with two attached hydrogens (primary N) is 2. The second kappa shape index (κ2) is 5.40. The van der Waals surface area contributed by atoms with Crippen molar-refractivity contribution >= 4 is 27.1 Å². The van der Waals surface area contributed by atoms with Gasteiger partial charge in [-0.1, -0.05) is 0 Å². The van der Waals surface area contributed by atoms with Crippen molar-refractivity contribution in [1.82, 2.24) is 0 Å². The highest BCUT2D eigenvalue weighted by molar-refractivity contribution is 7.89. The Labute approximate surface area is 117 Å². The third kappa shape index (κ3) is 3.19. The van der Waals surface area contributed by atoms with Gasteiger partial charge in [0.2, 0.25) is 10.0 Å². The number of nitrogen functional groups attached to an aromatic ring is 1. The number of sulfonamides is 1. The Kier molecular flexibility index (Phi) is 3.82. The lowest BCUT2D eigenvalue weighted by atomic mass is 10.2. The van der Waals surface area contributed by atoms with Crippen LogP contribution in [-0.4, -0.2) is 15.5 Å². The van der Waals surface area contributed by atoms with E-state index in [0.717, 1.165) is 0 Å². The highest BCUT2D eigenvalue weighted by Crippen LogP contribution is 2.27. The van der Waals surface area contributed by atoms with Crippen LogP contribution in [0.4, 0.5) is 17.1 Å². The van der Waals surface area contributed by atoms with Crippen molar-refractivity contribution in [3.05, 3.63) is 42.5 Å². The molecule has 5 N–H and O–H groups in total. The number of methoxy groups -OCH3 is 1. The summed E-state index contributed by atoms with van der Waals surface area (Å²) in [6.45, 7) is 0. The monoisotopic (exact) mass is 293 g/mol. The van der Waals surface area contributed by atoms with Crippen LogP contribution in [-0.2, 0) is 10.0 Å². The van der Waals surface area contributed by atoms with E-state index < -0.39 is 10.0 Å². The molecule has 0 aliphatic carbocycles. The van der Waals surface area contributed by atoms with E-state index in [4.69, 9.17) is 15.6 Å². The quantitative estimate of drug-likeness (QED) is 0.743. The fourth-order valence-corrected chi connectivity index (χ4v) is 2.43. The van der Waals surface area contributed by atoms with E-state index in [-0.39, 0.29) is 4.90 Å². The molecule has 0 spiro atoms. The number of ether oxygens (including phenoxy) is 1. The van der Waals surface area contributed by atoms with Gasteiger partial charge in [0.1, 0.15) is 10.6 Å². The summed E-state index contributed by atoms with van der Waals surface area (Å²) in [6.07, 6.45) is 0. The smallest absolute Gasteiger partial charge is 0.240 e. The lowest BCUT2D eigenvalue weighted by Crippen LogP contribution is -2.14. The number of rotatable bonds is 4. The number of hydrogen-bond donors (Lipinski definition) is 3. The Morgan fingerprint density at radius 1 is 1.10 bits per heavy atom. The summed E-state index contributed by atoms with van der Waals surface area (Å²) < 4.78 is 28.2. The van der Waals surface area contributed by atoms with Gasteiger partial charge < -0.3 is 15.8 Å². The molecule has 0 radical (unpaired) electrons. The van der Waals surface area contributed by atoms with Crippen LogP contribution in [0.3, 0.4) is 0 Å². The van der Waals surface area contributed by atoms with E-state index in [0.29, 0.717) is 22.8 Å². The van der Waals surface area contributed by atoms with Crippen molar-refractivity contribution in [2.75, 3.05) is 18.2 Å². The maximum atomic E-state index is 11.6. The van der Waals surface area contributed by atoms with Gasteiger partial charge in [-0.3, -0.25) is 0 Å². The molecule has 0 aliphatic rings. The lowest BCUT2D eigenvalue weighted by Gasteiger charge is -2.12. The Morgan fingerprint density at radius 2 is 1.75 bits per heavy atom. The summed E-state index contributed by atoms with van der Waals surface area (Å²) in [5.41, 5.74) is 7.00. The summed E-state index contributed by atoms with van der Waals surface area (Å²) in [5.74, 6) is 0.708. The van der Waals surface area contributed by atoms with Crippen LogP contribution >= 0.6 is 0 Å². The summed E-state index contributed by atoms with van der Waals surface area (Å²) in [4.78, 5) is -0.0479. The largest absolute Gasteiger partial charge is 0.497 e. The van der Waals surface area contributed by atoms with E-state index >= 15 is 0 Å². The molecular formula is C13H15N3O3S. The van der Waals surface area contributed by atoms with E-state index in [9.17, 15) is 8.42 Å². The first-order chi connectivity index (χ1) is 9.40. The van der Waals surface area contributed by atoms with Gasteiger partial charge >= 0.3 is 0 Å². The number of primary sulfonamides is 1. The fourth-order valence-electron chi connectivity index (χ4n) is 1.71. The summed E-state index contributed by atoms with van der Waals surface area (Å²) in [7, 11) is -2.29. The van der Waals surface area contributed by atoms with E-state index in [2.05, 4.69) is 5.32 Å². The predicted molar refractivity (Wildman–Crippen MR) is 78.5 cm³/mol. The molecule has 0 aliphatic heterocycles. The SMILES string of the molecule is COc1ccc(Nc2ccc(N)cc2S(N)(=O)=O)cc1. The van der Waals surface area contributed by atoms with Gasteiger partial charge in [0, 0.05) is 11.4 Å². The molecule has 0 aromatic heterocycles.